The van der Waals surface area contributed by atoms with Gasteiger partial charge >= 0.3 is 0 Å². The molecule has 4 nitrogen and oxygen atoms in total. The van der Waals surface area contributed by atoms with Crippen LogP contribution in [0.15, 0.2) is 52.0 Å². The summed E-state index contributed by atoms with van der Waals surface area (Å²) in [5.74, 6) is 3.01. The van der Waals surface area contributed by atoms with Gasteiger partial charge in [0, 0.05) is 22.0 Å². The summed E-state index contributed by atoms with van der Waals surface area (Å²) in [5.41, 5.74) is 2.42. The van der Waals surface area contributed by atoms with Crippen LogP contribution in [0.2, 0.25) is 10.0 Å². The van der Waals surface area contributed by atoms with E-state index in [1.807, 2.05) is 29.3 Å². The molecule has 7 rings (SSSR count). The Morgan fingerprint density at radius 2 is 1.64 bits per heavy atom. The van der Waals surface area contributed by atoms with Crippen molar-refractivity contribution < 1.29 is 4.79 Å². The number of nitrogens with one attached hydrogen (secondary N) is 1. The van der Waals surface area contributed by atoms with E-state index in [0.717, 1.165) is 27.6 Å². The first-order chi connectivity index (χ1) is 15.9. The fraction of sp³-hybridized carbons (Fsp3) is 0.462. The van der Waals surface area contributed by atoms with E-state index >= 15 is 0 Å². The number of carbonyl (C=O) groups is 1. The number of rotatable bonds is 4. The fourth-order valence-electron chi connectivity index (χ4n) is 6.88. The molecule has 33 heavy (non-hydrogen) atoms. The maximum atomic E-state index is 13.5. The molecular formula is C26H26BrCl2N3O. The predicted molar refractivity (Wildman–Crippen MR) is 137 cm³/mol. The number of nitrogens with zero attached hydrogens (tertiary/aromatic N) is 2. The Labute approximate surface area is 212 Å². The van der Waals surface area contributed by atoms with Crippen molar-refractivity contribution >= 4 is 56.4 Å². The average molecular weight is 547 g/mol. The molecule has 2 aromatic rings. The van der Waals surface area contributed by atoms with Crippen LogP contribution in [0.5, 0.6) is 0 Å². The smallest absolute Gasteiger partial charge is 0.267 e. The average Bonchev–Trinajstić information content (AvgIpc) is 3.21. The molecule has 0 aromatic heterocycles. The SMILES string of the molecule is O=C(NC1C2CC3CC(C2)CC1C3)C1=NN(c2ccc(Cl)cc2Cl)C(c2ccc(Br)cc2)C1. The van der Waals surface area contributed by atoms with Crippen molar-refractivity contribution in [3.8, 4) is 0 Å². The van der Waals surface area contributed by atoms with Gasteiger partial charge in [0.25, 0.3) is 5.91 Å². The van der Waals surface area contributed by atoms with E-state index in [4.69, 9.17) is 28.3 Å². The third kappa shape index (κ3) is 4.11. The Kier molecular flexibility index (Phi) is 5.71. The van der Waals surface area contributed by atoms with Gasteiger partial charge in [0.15, 0.2) is 0 Å². The van der Waals surface area contributed by atoms with Crippen molar-refractivity contribution in [2.24, 2.45) is 28.8 Å². The van der Waals surface area contributed by atoms with Gasteiger partial charge in [0.05, 0.1) is 16.8 Å². The lowest BCUT2D eigenvalue weighted by atomic mass is 9.54. The first-order valence-electron chi connectivity index (χ1n) is 11.8. The second-order valence-corrected chi connectivity index (χ2v) is 11.9. The summed E-state index contributed by atoms with van der Waals surface area (Å²) in [6.07, 6.45) is 7.06. The van der Waals surface area contributed by atoms with Crippen LogP contribution in [0.4, 0.5) is 5.69 Å². The van der Waals surface area contributed by atoms with Crippen LogP contribution >= 0.6 is 39.1 Å². The highest BCUT2D eigenvalue weighted by Crippen LogP contribution is 2.53. The third-order valence-electron chi connectivity index (χ3n) is 8.11. The number of hydrogen-bond acceptors (Lipinski definition) is 3. The van der Waals surface area contributed by atoms with Gasteiger partial charge in [0.1, 0.15) is 5.71 Å². The molecule has 1 atom stereocenters. The molecule has 1 unspecified atom stereocenters. The number of hydrazone groups is 1. The van der Waals surface area contributed by atoms with Crippen LogP contribution in [0, 0.1) is 23.7 Å². The van der Waals surface area contributed by atoms with Crippen molar-refractivity contribution in [2.45, 2.75) is 50.6 Å². The van der Waals surface area contributed by atoms with Crippen molar-refractivity contribution in [2.75, 3.05) is 5.01 Å². The summed E-state index contributed by atoms with van der Waals surface area (Å²) in [4.78, 5) is 13.5. The molecule has 1 heterocycles. The zero-order chi connectivity index (χ0) is 22.7. The number of halogens is 3. The first kappa shape index (κ1) is 21.9. The molecule has 0 spiro atoms. The largest absolute Gasteiger partial charge is 0.348 e. The summed E-state index contributed by atoms with van der Waals surface area (Å²) < 4.78 is 1.01. The molecule has 5 aliphatic rings. The highest BCUT2D eigenvalue weighted by atomic mass is 79.9. The minimum atomic E-state index is -0.101. The Bertz CT molecular complexity index is 1090. The zero-order valence-corrected chi connectivity index (χ0v) is 21.3. The standard InChI is InChI=1S/C26H26BrCl2N3O/c27-19-3-1-16(2-4-19)24-13-22(31-32(24)23-6-5-20(28)12-21(23)29)26(33)30-25-17-8-14-7-15(10-17)11-18(25)9-14/h1-6,12,14-15,17-18,24-25H,7-11,13H2,(H,30,33). The Hall–Kier alpha value is -1.56. The molecule has 4 saturated carbocycles. The maximum Gasteiger partial charge on any atom is 0.267 e. The molecule has 1 N–H and O–H groups in total. The number of carbonyl (C=O) groups excluding carboxylic acids is 1. The molecule has 4 fully saturated rings. The number of anilines is 1. The lowest BCUT2D eigenvalue weighted by Crippen LogP contribution is -2.56. The third-order valence-corrected chi connectivity index (χ3v) is 9.17. The Balaban J connectivity index is 1.27. The number of benzene rings is 2. The van der Waals surface area contributed by atoms with Crippen LogP contribution in [0.1, 0.15) is 50.1 Å². The molecule has 7 heteroatoms. The van der Waals surface area contributed by atoms with E-state index in [0.29, 0.717) is 40.1 Å². The lowest BCUT2D eigenvalue weighted by molar-refractivity contribution is -0.118. The van der Waals surface area contributed by atoms with Gasteiger partial charge in [-0.05, 0) is 91.7 Å². The molecule has 1 amide bonds. The van der Waals surface area contributed by atoms with E-state index in [-0.39, 0.29) is 11.9 Å². The summed E-state index contributed by atoms with van der Waals surface area (Å²) in [7, 11) is 0. The monoisotopic (exact) mass is 545 g/mol. The summed E-state index contributed by atoms with van der Waals surface area (Å²) >= 11 is 16.2. The molecule has 2 aromatic carbocycles. The summed E-state index contributed by atoms with van der Waals surface area (Å²) in [6, 6.07) is 13.8. The van der Waals surface area contributed by atoms with Gasteiger partial charge in [-0.25, -0.2) is 0 Å². The molecule has 172 valence electrons. The van der Waals surface area contributed by atoms with Crippen molar-refractivity contribution in [1.29, 1.82) is 0 Å². The van der Waals surface area contributed by atoms with Crippen molar-refractivity contribution in [3.63, 3.8) is 0 Å². The Morgan fingerprint density at radius 1 is 0.970 bits per heavy atom. The second-order valence-electron chi connectivity index (χ2n) is 10.2. The topological polar surface area (TPSA) is 44.7 Å². The maximum absolute atomic E-state index is 13.5. The molecule has 4 aliphatic carbocycles. The van der Waals surface area contributed by atoms with Crippen LogP contribution in [0.3, 0.4) is 0 Å². The highest BCUT2D eigenvalue weighted by Gasteiger charge is 2.49. The second kappa shape index (κ2) is 8.58. The normalized spacial score (nSPS) is 32.2. The summed E-state index contributed by atoms with van der Waals surface area (Å²) in [5, 5.41) is 11.2. The summed E-state index contributed by atoms with van der Waals surface area (Å²) in [6.45, 7) is 0. The van der Waals surface area contributed by atoms with Gasteiger partial charge < -0.3 is 5.32 Å². The van der Waals surface area contributed by atoms with E-state index in [1.165, 1.54) is 32.1 Å². The predicted octanol–water partition coefficient (Wildman–Crippen LogP) is 7.00. The van der Waals surface area contributed by atoms with Gasteiger partial charge in [-0.15, -0.1) is 0 Å². The first-order valence-corrected chi connectivity index (χ1v) is 13.4. The van der Waals surface area contributed by atoms with E-state index < -0.39 is 0 Å². The van der Waals surface area contributed by atoms with Gasteiger partial charge in [0.2, 0.25) is 0 Å². The van der Waals surface area contributed by atoms with Gasteiger partial charge in [-0.3, -0.25) is 9.80 Å². The van der Waals surface area contributed by atoms with E-state index in [2.05, 4.69) is 33.4 Å². The lowest BCUT2D eigenvalue weighted by Gasteiger charge is -2.54. The molecule has 0 radical (unpaired) electrons. The van der Waals surface area contributed by atoms with Crippen LogP contribution < -0.4 is 10.3 Å². The number of amides is 1. The van der Waals surface area contributed by atoms with E-state index in [9.17, 15) is 4.79 Å². The molecule has 4 bridgehead atoms. The molecular weight excluding hydrogens is 521 g/mol. The zero-order valence-electron chi connectivity index (χ0n) is 18.2. The van der Waals surface area contributed by atoms with E-state index in [1.54, 1.807) is 6.07 Å². The van der Waals surface area contributed by atoms with Crippen LogP contribution in [-0.2, 0) is 4.79 Å². The van der Waals surface area contributed by atoms with Crippen molar-refractivity contribution in [3.05, 3.63) is 62.5 Å². The number of hydrogen-bond donors (Lipinski definition) is 1. The van der Waals surface area contributed by atoms with Crippen molar-refractivity contribution in [1.82, 2.24) is 5.32 Å². The van der Waals surface area contributed by atoms with Crippen LogP contribution in [-0.4, -0.2) is 17.7 Å². The minimum Gasteiger partial charge on any atom is -0.348 e. The fourth-order valence-corrected chi connectivity index (χ4v) is 7.64. The van der Waals surface area contributed by atoms with Crippen LogP contribution in [0.25, 0.3) is 0 Å². The highest BCUT2D eigenvalue weighted by molar-refractivity contribution is 9.10. The molecule has 0 saturated heterocycles. The van der Waals surface area contributed by atoms with Gasteiger partial charge in [-0.2, -0.15) is 5.10 Å². The Morgan fingerprint density at radius 3 is 2.27 bits per heavy atom. The quantitative estimate of drug-likeness (QED) is 0.448. The molecule has 1 aliphatic heterocycles. The minimum absolute atomic E-state index is 0.0258. The van der Waals surface area contributed by atoms with Gasteiger partial charge in [-0.1, -0.05) is 51.3 Å².